The monoisotopic (exact) mass is 442 g/mol. The lowest BCUT2D eigenvalue weighted by Crippen LogP contribution is -2.48. The number of hydrogen-bond donors (Lipinski definition) is 1. The molecule has 1 N–H and O–H groups in total. The molecule has 0 bridgehead atoms. The van der Waals surface area contributed by atoms with Gasteiger partial charge in [-0.1, -0.05) is 41.4 Å². The van der Waals surface area contributed by atoms with Crippen LogP contribution in [0.25, 0.3) is 0 Å². The molecule has 0 aliphatic carbocycles. The number of halogens is 2. The Balaban J connectivity index is 2.28. The van der Waals surface area contributed by atoms with E-state index in [1.54, 1.807) is 0 Å². The first-order chi connectivity index (χ1) is 12.9. The molecule has 0 unspecified atom stereocenters. The molecule has 0 spiro atoms. The van der Waals surface area contributed by atoms with Crippen LogP contribution in [0.2, 0.25) is 10.0 Å². The Labute approximate surface area is 176 Å². The molecule has 2 aromatic rings. The summed E-state index contributed by atoms with van der Waals surface area (Å²) in [6.45, 7) is 7.42. The van der Waals surface area contributed by atoms with Crippen LogP contribution in [0.4, 0.5) is 5.69 Å². The quantitative estimate of drug-likeness (QED) is 0.707. The van der Waals surface area contributed by atoms with E-state index in [1.165, 1.54) is 30.7 Å². The van der Waals surface area contributed by atoms with Crippen LogP contribution in [0.1, 0.15) is 36.6 Å². The minimum atomic E-state index is -3.73. The number of carbonyl (C=O) groups is 1. The van der Waals surface area contributed by atoms with Crippen LogP contribution in [-0.2, 0) is 14.8 Å². The molecule has 0 heterocycles. The zero-order valence-electron chi connectivity index (χ0n) is 16.5. The topological polar surface area (TPSA) is 66.5 Å². The van der Waals surface area contributed by atoms with Crippen LogP contribution in [0, 0.1) is 13.8 Å². The minimum absolute atomic E-state index is 0.212. The lowest BCUT2D eigenvalue weighted by molar-refractivity contribution is -0.122. The predicted molar refractivity (Wildman–Crippen MR) is 116 cm³/mol. The molecule has 5 nitrogen and oxygen atoms in total. The number of rotatable bonds is 6. The van der Waals surface area contributed by atoms with Crippen molar-refractivity contribution in [2.24, 2.45) is 0 Å². The Hall–Kier alpha value is -1.76. The molecule has 0 radical (unpaired) electrons. The Bertz CT molecular complexity index is 993. The van der Waals surface area contributed by atoms with Gasteiger partial charge in [0.25, 0.3) is 0 Å². The lowest BCUT2D eigenvalue weighted by atomic mass is 10.0. The van der Waals surface area contributed by atoms with Crippen LogP contribution in [-0.4, -0.2) is 26.6 Å². The van der Waals surface area contributed by atoms with Crippen LogP contribution in [0.15, 0.2) is 36.4 Å². The number of nitrogens with one attached hydrogen (secondary N) is 1. The smallest absolute Gasteiger partial charge is 0.244 e. The second-order valence-electron chi connectivity index (χ2n) is 6.91. The molecule has 0 aliphatic heterocycles. The van der Waals surface area contributed by atoms with Gasteiger partial charge in [0.05, 0.1) is 28.0 Å². The molecule has 1 amide bonds. The summed E-state index contributed by atoms with van der Waals surface area (Å²) in [5, 5.41) is 3.40. The van der Waals surface area contributed by atoms with Crippen LogP contribution in [0.5, 0.6) is 0 Å². The third-order valence-electron chi connectivity index (χ3n) is 4.64. The average molecular weight is 443 g/mol. The maximum absolute atomic E-state index is 12.8. The SMILES string of the molecule is Cc1ccc([C@@H](C)NC(=O)[C@@H](C)N(c2ccc(Cl)c(Cl)c2)S(C)(=O)=O)cc1C. The standard InChI is InChI=1S/C20H24Cl2N2O3S/c1-12-6-7-16(10-13(12)2)14(3)23-20(25)15(4)24(28(5,26)27)17-8-9-18(21)19(22)11-17/h6-11,14-15H,1-5H3,(H,23,25)/t14-,15-/m1/s1. The summed E-state index contributed by atoms with van der Waals surface area (Å²) in [6, 6.07) is 9.16. The van der Waals surface area contributed by atoms with E-state index < -0.39 is 22.0 Å². The largest absolute Gasteiger partial charge is 0.348 e. The first kappa shape index (κ1) is 22.5. The molecule has 2 rings (SSSR count). The van der Waals surface area contributed by atoms with Crippen molar-refractivity contribution in [3.8, 4) is 0 Å². The molecular formula is C20H24Cl2N2O3S. The molecule has 2 atom stereocenters. The second-order valence-corrected chi connectivity index (χ2v) is 9.58. The molecule has 2 aromatic carbocycles. The number of nitrogens with zero attached hydrogens (tertiary/aromatic N) is 1. The summed E-state index contributed by atoms with van der Waals surface area (Å²) in [7, 11) is -3.73. The Morgan fingerprint density at radius 1 is 1.00 bits per heavy atom. The zero-order valence-corrected chi connectivity index (χ0v) is 18.8. The Kier molecular flexibility index (Phi) is 7.02. The number of amides is 1. The number of sulfonamides is 1. The molecule has 0 saturated carbocycles. The molecular weight excluding hydrogens is 419 g/mol. The van der Waals surface area contributed by atoms with Gasteiger partial charge < -0.3 is 5.32 Å². The van der Waals surface area contributed by atoms with Crippen molar-refractivity contribution in [3.63, 3.8) is 0 Å². The number of anilines is 1. The molecule has 0 fully saturated rings. The van der Waals surface area contributed by atoms with Crippen LogP contribution < -0.4 is 9.62 Å². The van der Waals surface area contributed by atoms with E-state index in [0.29, 0.717) is 5.02 Å². The highest BCUT2D eigenvalue weighted by molar-refractivity contribution is 7.92. The zero-order chi connectivity index (χ0) is 21.2. The van der Waals surface area contributed by atoms with Crippen LogP contribution >= 0.6 is 23.2 Å². The van der Waals surface area contributed by atoms with E-state index in [2.05, 4.69) is 5.32 Å². The van der Waals surface area contributed by atoms with Crippen LogP contribution in [0.3, 0.4) is 0 Å². The fourth-order valence-electron chi connectivity index (χ4n) is 2.88. The number of aryl methyl sites for hydroxylation is 2. The fourth-order valence-corrected chi connectivity index (χ4v) is 4.34. The maximum atomic E-state index is 12.8. The first-order valence-corrected chi connectivity index (χ1v) is 11.3. The maximum Gasteiger partial charge on any atom is 0.244 e. The van der Waals surface area contributed by atoms with E-state index in [9.17, 15) is 13.2 Å². The van der Waals surface area contributed by atoms with Crippen molar-refractivity contribution in [2.45, 2.75) is 39.8 Å². The summed E-state index contributed by atoms with van der Waals surface area (Å²) >= 11 is 12.0. The molecule has 0 aliphatic rings. The summed E-state index contributed by atoms with van der Waals surface area (Å²) in [6.07, 6.45) is 1.05. The predicted octanol–water partition coefficient (Wildman–Crippen LogP) is 4.64. The summed E-state index contributed by atoms with van der Waals surface area (Å²) < 4.78 is 25.8. The van der Waals surface area contributed by atoms with Crippen molar-refractivity contribution in [1.29, 1.82) is 0 Å². The highest BCUT2D eigenvalue weighted by atomic mass is 35.5. The van der Waals surface area contributed by atoms with E-state index >= 15 is 0 Å². The molecule has 28 heavy (non-hydrogen) atoms. The molecule has 0 saturated heterocycles. The number of hydrogen-bond acceptors (Lipinski definition) is 3. The normalized spacial score (nSPS) is 13.7. The fraction of sp³-hybridized carbons (Fsp3) is 0.350. The first-order valence-electron chi connectivity index (χ1n) is 8.73. The third-order valence-corrected chi connectivity index (χ3v) is 6.62. The van der Waals surface area contributed by atoms with E-state index in [0.717, 1.165) is 21.7 Å². The van der Waals surface area contributed by atoms with Gasteiger partial charge in [0.1, 0.15) is 6.04 Å². The summed E-state index contributed by atoms with van der Waals surface area (Å²) in [5.74, 6) is -0.415. The van der Waals surface area contributed by atoms with Gasteiger partial charge in [-0.3, -0.25) is 9.10 Å². The highest BCUT2D eigenvalue weighted by Gasteiger charge is 2.30. The second kappa shape index (κ2) is 8.72. The Morgan fingerprint density at radius 2 is 1.64 bits per heavy atom. The molecule has 8 heteroatoms. The molecule has 152 valence electrons. The third kappa shape index (κ3) is 5.19. The number of carbonyl (C=O) groups excluding carboxylic acids is 1. The van der Waals surface area contributed by atoms with Gasteiger partial charge >= 0.3 is 0 Å². The van der Waals surface area contributed by atoms with Crippen molar-refractivity contribution in [2.75, 3.05) is 10.6 Å². The van der Waals surface area contributed by atoms with Crippen molar-refractivity contribution in [3.05, 3.63) is 63.1 Å². The summed E-state index contributed by atoms with van der Waals surface area (Å²) in [4.78, 5) is 12.8. The van der Waals surface area contributed by atoms with Gasteiger partial charge in [-0.2, -0.15) is 0 Å². The lowest BCUT2D eigenvalue weighted by Gasteiger charge is -2.29. The average Bonchev–Trinajstić information content (AvgIpc) is 2.59. The van der Waals surface area contributed by atoms with Gasteiger partial charge in [0.2, 0.25) is 15.9 Å². The van der Waals surface area contributed by atoms with Gasteiger partial charge in [-0.05, 0) is 62.6 Å². The summed E-state index contributed by atoms with van der Waals surface area (Å²) in [5.41, 5.74) is 3.52. The minimum Gasteiger partial charge on any atom is -0.348 e. The van der Waals surface area contributed by atoms with Gasteiger partial charge in [0.15, 0.2) is 0 Å². The van der Waals surface area contributed by atoms with E-state index in [-0.39, 0.29) is 16.8 Å². The van der Waals surface area contributed by atoms with E-state index in [1.807, 2.05) is 39.0 Å². The van der Waals surface area contributed by atoms with Gasteiger partial charge in [0, 0.05) is 0 Å². The van der Waals surface area contributed by atoms with Gasteiger partial charge in [-0.25, -0.2) is 8.42 Å². The van der Waals surface area contributed by atoms with Gasteiger partial charge in [-0.15, -0.1) is 0 Å². The Morgan fingerprint density at radius 3 is 2.18 bits per heavy atom. The van der Waals surface area contributed by atoms with E-state index in [4.69, 9.17) is 23.2 Å². The van der Waals surface area contributed by atoms with Crippen molar-refractivity contribution in [1.82, 2.24) is 5.32 Å². The molecule has 0 aromatic heterocycles. The number of benzene rings is 2. The van der Waals surface area contributed by atoms with Crippen molar-refractivity contribution < 1.29 is 13.2 Å². The van der Waals surface area contributed by atoms with Crippen molar-refractivity contribution >= 4 is 44.8 Å². The highest BCUT2D eigenvalue weighted by Crippen LogP contribution is 2.30.